The van der Waals surface area contributed by atoms with Crippen LogP contribution < -0.4 is 5.32 Å². The summed E-state index contributed by atoms with van der Waals surface area (Å²) in [4.78, 5) is 0. The van der Waals surface area contributed by atoms with E-state index in [0.717, 1.165) is 11.8 Å². The SMILES string of the molecule is Cc1ccc([C@]23CNCC2C[C@H]3C)cc1. The van der Waals surface area contributed by atoms with E-state index in [1.807, 2.05) is 0 Å². The molecule has 1 N–H and O–H groups in total. The van der Waals surface area contributed by atoms with Gasteiger partial charge in [-0.25, -0.2) is 0 Å². The van der Waals surface area contributed by atoms with Crippen LogP contribution in [-0.4, -0.2) is 13.1 Å². The van der Waals surface area contributed by atoms with Gasteiger partial charge in [0, 0.05) is 12.0 Å². The molecule has 1 heterocycles. The number of aryl methyl sites for hydroxylation is 1. The van der Waals surface area contributed by atoms with Gasteiger partial charge in [0.2, 0.25) is 0 Å². The summed E-state index contributed by atoms with van der Waals surface area (Å²) in [5.41, 5.74) is 3.39. The molecule has 2 aliphatic rings. The fourth-order valence-electron chi connectivity index (χ4n) is 3.61. The Morgan fingerprint density at radius 1 is 1.27 bits per heavy atom. The van der Waals surface area contributed by atoms with Crippen molar-refractivity contribution in [2.24, 2.45) is 11.8 Å². The van der Waals surface area contributed by atoms with Gasteiger partial charge in [0.25, 0.3) is 0 Å². The van der Waals surface area contributed by atoms with Crippen molar-refractivity contribution in [1.29, 1.82) is 0 Å². The molecule has 1 aromatic rings. The monoisotopic (exact) mass is 201 g/mol. The molecule has 1 saturated heterocycles. The van der Waals surface area contributed by atoms with Crippen LogP contribution >= 0.6 is 0 Å². The van der Waals surface area contributed by atoms with E-state index in [1.165, 1.54) is 25.1 Å². The lowest BCUT2D eigenvalue weighted by atomic mass is 9.52. The maximum atomic E-state index is 3.57. The molecule has 1 aliphatic heterocycles. The third kappa shape index (κ3) is 1.13. The van der Waals surface area contributed by atoms with Gasteiger partial charge in [0.15, 0.2) is 0 Å². The summed E-state index contributed by atoms with van der Waals surface area (Å²) in [6.45, 7) is 6.97. The van der Waals surface area contributed by atoms with Gasteiger partial charge in [-0.05, 0) is 37.3 Å². The minimum atomic E-state index is 0.466. The highest BCUT2D eigenvalue weighted by atomic mass is 15.0. The van der Waals surface area contributed by atoms with Gasteiger partial charge in [-0.15, -0.1) is 0 Å². The van der Waals surface area contributed by atoms with E-state index in [9.17, 15) is 0 Å². The van der Waals surface area contributed by atoms with Crippen LogP contribution in [0.3, 0.4) is 0 Å². The van der Waals surface area contributed by atoms with Gasteiger partial charge in [-0.3, -0.25) is 0 Å². The van der Waals surface area contributed by atoms with Gasteiger partial charge in [-0.1, -0.05) is 36.8 Å². The maximum Gasteiger partial charge on any atom is 0.0144 e. The van der Waals surface area contributed by atoms with E-state index in [0.29, 0.717) is 5.41 Å². The van der Waals surface area contributed by atoms with Crippen LogP contribution in [0.1, 0.15) is 24.5 Å². The molecule has 0 spiro atoms. The Hall–Kier alpha value is -0.820. The van der Waals surface area contributed by atoms with Crippen molar-refractivity contribution in [3.8, 4) is 0 Å². The molecule has 0 bridgehead atoms. The van der Waals surface area contributed by atoms with E-state index >= 15 is 0 Å². The Labute approximate surface area is 91.9 Å². The summed E-state index contributed by atoms with van der Waals surface area (Å²) < 4.78 is 0. The summed E-state index contributed by atoms with van der Waals surface area (Å²) in [7, 11) is 0. The lowest BCUT2D eigenvalue weighted by Gasteiger charge is -2.51. The molecular formula is C14H19N. The van der Waals surface area contributed by atoms with Crippen molar-refractivity contribution >= 4 is 0 Å². The quantitative estimate of drug-likeness (QED) is 0.736. The van der Waals surface area contributed by atoms with Crippen LogP contribution in [0.25, 0.3) is 0 Å². The summed E-state index contributed by atoms with van der Waals surface area (Å²) in [6.07, 6.45) is 1.40. The molecule has 1 heteroatoms. The van der Waals surface area contributed by atoms with Crippen LogP contribution in [0.2, 0.25) is 0 Å². The average Bonchev–Trinajstić information content (AvgIpc) is 2.57. The zero-order valence-electron chi connectivity index (χ0n) is 9.59. The molecule has 0 aromatic heterocycles. The summed E-state index contributed by atoms with van der Waals surface area (Å²) in [5, 5.41) is 3.57. The van der Waals surface area contributed by atoms with Crippen LogP contribution in [-0.2, 0) is 5.41 Å². The minimum Gasteiger partial charge on any atom is -0.316 e. The topological polar surface area (TPSA) is 12.0 Å². The van der Waals surface area contributed by atoms with Crippen LogP contribution in [0.15, 0.2) is 24.3 Å². The zero-order valence-corrected chi connectivity index (χ0v) is 9.59. The van der Waals surface area contributed by atoms with Crippen molar-refractivity contribution in [2.75, 3.05) is 13.1 Å². The number of hydrogen-bond donors (Lipinski definition) is 1. The highest BCUT2D eigenvalue weighted by molar-refractivity contribution is 5.35. The molecule has 1 aliphatic carbocycles. The average molecular weight is 201 g/mol. The predicted octanol–water partition coefficient (Wildman–Crippen LogP) is 2.49. The van der Waals surface area contributed by atoms with Crippen molar-refractivity contribution < 1.29 is 0 Å². The highest BCUT2D eigenvalue weighted by Gasteiger charge is 2.55. The summed E-state index contributed by atoms with van der Waals surface area (Å²) in [6, 6.07) is 9.19. The van der Waals surface area contributed by atoms with Crippen molar-refractivity contribution in [2.45, 2.75) is 25.7 Å². The fraction of sp³-hybridized carbons (Fsp3) is 0.571. The Balaban J connectivity index is 2.01. The summed E-state index contributed by atoms with van der Waals surface area (Å²) >= 11 is 0. The fourth-order valence-corrected chi connectivity index (χ4v) is 3.61. The molecule has 1 saturated carbocycles. The number of nitrogens with one attached hydrogen (secondary N) is 1. The van der Waals surface area contributed by atoms with E-state index in [2.05, 4.69) is 43.4 Å². The number of hydrogen-bond acceptors (Lipinski definition) is 1. The molecule has 80 valence electrons. The van der Waals surface area contributed by atoms with E-state index < -0.39 is 0 Å². The van der Waals surface area contributed by atoms with Gasteiger partial charge in [0.05, 0.1) is 0 Å². The largest absolute Gasteiger partial charge is 0.316 e. The van der Waals surface area contributed by atoms with Crippen LogP contribution in [0.5, 0.6) is 0 Å². The molecular weight excluding hydrogens is 182 g/mol. The first-order valence-corrected chi connectivity index (χ1v) is 6.01. The molecule has 1 unspecified atom stereocenters. The number of fused-ring (bicyclic) bond motifs is 1. The third-order valence-electron chi connectivity index (χ3n) is 4.64. The highest BCUT2D eigenvalue weighted by Crippen LogP contribution is 2.54. The Bertz CT molecular complexity index is 367. The van der Waals surface area contributed by atoms with Gasteiger partial charge < -0.3 is 5.32 Å². The van der Waals surface area contributed by atoms with E-state index in [4.69, 9.17) is 0 Å². The zero-order chi connectivity index (χ0) is 10.5. The van der Waals surface area contributed by atoms with E-state index in [1.54, 1.807) is 5.56 Å². The van der Waals surface area contributed by atoms with Gasteiger partial charge in [0.1, 0.15) is 0 Å². The standard InChI is InChI=1S/C14H19N/c1-10-3-5-12(6-4-10)14-9-15-8-13(14)7-11(14)2/h3-6,11,13,15H,7-9H2,1-2H3/t11-,13?,14-/m1/s1. The first-order valence-electron chi connectivity index (χ1n) is 6.01. The molecule has 3 atom stereocenters. The van der Waals surface area contributed by atoms with Gasteiger partial charge in [-0.2, -0.15) is 0 Å². The number of benzene rings is 1. The van der Waals surface area contributed by atoms with E-state index in [-0.39, 0.29) is 0 Å². The Morgan fingerprint density at radius 3 is 2.60 bits per heavy atom. The van der Waals surface area contributed by atoms with Crippen LogP contribution in [0, 0.1) is 18.8 Å². The molecule has 1 aromatic carbocycles. The molecule has 0 amide bonds. The molecule has 2 fully saturated rings. The van der Waals surface area contributed by atoms with Crippen LogP contribution in [0.4, 0.5) is 0 Å². The van der Waals surface area contributed by atoms with Gasteiger partial charge >= 0.3 is 0 Å². The lowest BCUT2D eigenvalue weighted by Crippen LogP contribution is -2.51. The third-order valence-corrected chi connectivity index (χ3v) is 4.64. The first kappa shape index (κ1) is 9.41. The smallest absolute Gasteiger partial charge is 0.0144 e. The van der Waals surface area contributed by atoms with Crippen molar-refractivity contribution in [3.63, 3.8) is 0 Å². The molecule has 0 radical (unpaired) electrons. The first-order chi connectivity index (χ1) is 7.23. The number of rotatable bonds is 1. The molecule has 3 rings (SSSR count). The van der Waals surface area contributed by atoms with Crippen molar-refractivity contribution in [3.05, 3.63) is 35.4 Å². The minimum absolute atomic E-state index is 0.466. The molecule has 1 nitrogen and oxygen atoms in total. The second-order valence-electron chi connectivity index (χ2n) is 5.37. The lowest BCUT2D eigenvalue weighted by molar-refractivity contribution is 0.0876. The Morgan fingerprint density at radius 2 is 2.00 bits per heavy atom. The maximum absolute atomic E-state index is 3.57. The predicted molar refractivity (Wildman–Crippen MR) is 63.0 cm³/mol. The molecule has 15 heavy (non-hydrogen) atoms. The second-order valence-corrected chi connectivity index (χ2v) is 5.37. The Kier molecular flexibility index (Phi) is 1.93. The van der Waals surface area contributed by atoms with Crippen molar-refractivity contribution in [1.82, 2.24) is 5.32 Å². The summed E-state index contributed by atoms with van der Waals surface area (Å²) in [5.74, 6) is 1.73. The normalized spacial score (nSPS) is 38.5. The second kappa shape index (κ2) is 3.08.